The highest BCUT2D eigenvalue weighted by atomic mass is 16.5. The fourth-order valence-electron chi connectivity index (χ4n) is 3.60. The Morgan fingerprint density at radius 2 is 1.73 bits per heavy atom. The largest absolute Gasteiger partial charge is 0.491 e. The van der Waals surface area contributed by atoms with E-state index in [1.165, 1.54) is 0 Å². The third-order valence-electron chi connectivity index (χ3n) is 5.16. The van der Waals surface area contributed by atoms with Crippen molar-refractivity contribution < 1.29 is 29.9 Å². The van der Waals surface area contributed by atoms with Gasteiger partial charge in [-0.05, 0) is 55.2 Å². The number of hydrogen-bond acceptors (Lipinski definition) is 7. The molecule has 30 heavy (non-hydrogen) atoms. The van der Waals surface area contributed by atoms with Crippen LogP contribution in [0.3, 0.4) is 0 Å². The molecule has 7 heteroatoms. The van der Waals surface area contributed by atoms with Crippen LogP contribution in [-0.2, 0) is 11.2 Å². The third kappa shape index (κ3) is 4.81. The molecule has 0 unspecified atom stereocenters. The molecule has 0 spiro atoms. The summed E-state index contributed by atoms with van der Waals surface area (Å²) in [5.74, 6) is 0.768. The van der Waals surface area contributed by atoms with E-state index in [4.69, 9.17) is 9.47 Å². The van der Waals surface area contributed by atoms with Gasteiger partial charge in [0.1, 0.15) is 36.3 Å². The smallest absolute Gasteiger partial charge is 0.119 e. The van der Waals surface area contributed by atoms with Gasteiger partial charge in [0.2, 0.25) is 0 Å². The molecule has 7 nitrogen and oxygen atoms in total. The second-order valence-electron chi connectivity index (χ2n) is 7.77. The van der Waals surface area contributed by atoms with E-state index in [-0.39, 0.29) is 6.10 Å². The van der Waals surface area contributed by atoms with Gasteiger partial charge in [-0.15, -0.1) is 0 Å². The fraction of sp³-hybridized carbons (Fsp3) is 0.435. The summed E-state index contributed by atoms with van der Waals surface area (Å²) in [6, 6.07) is 14.8. The Kier molecular flexibility index (Phi) is 7.08. The highest BCUT2D eigenvalue weighted by Crippen LogP contribution is 2.33. The number of benzene rings is 2. The van der Waals surface area contributed by atoms with Crippen LogP contribution in [0.1, 0.15) is 42.2 Å². The third-order valence-corrected chi connectivity index (χ3v) is 5.16. The summed E-state index contributed by atoms with van der Waals surface area (Å²) >= 11 is 0. The van der Waals surface area contributed by atoms with Crippen molar-refractivity contribution in [3.8, 4) is 11.8 Å². The molecule has 2 aromatic carbocycles. The van der Waals surface area contributed by atoms with Gasteiger partial charge < -0.3 is 29.9 Å². The zero-order chi connectivity index (χ0) is 21.8. The van der Waals surface area contributed by atoms with Crippen LogP contribution >= 0.6 is 0 Å². The first kappa shape index (κ1) is 22.2. The molecule has 3 rings (SSSR count). The van der Waals surface area contributed by atoms with Crippen molar-refractivity contribution in [2.75, 3.05) is 6.61 Å². The quantitative estimate of drug-likeness (QED) is 0.565. The summed E-state index contributed by atoms with van der Waals surface area (Å²) in [5.41, 5.74) is 2.77. The number of nitrogens with zero attached hydrogens (tertiary/aromatic N) is 1. The zero-order valence-corrected chi connectivity index (χ0v) is 17.0. The molecule has 1 aliphatic heterocycles. The van der Waals surface area contributed by atoms with E-state index < -0.39 is 37.1 Å². The molecule has 2 aromatic rings. The first-order valence-corrected chi connectivity index (χ1v) is 9.93. The SMILES string of the molecule is CC(C)Oc1ccc(Cc2cc([C@@H]3O[C@H](CO)[C@@H](O)[C@H](O)[C@H]3O)ccc2C#N)cc1. The molecule has 1 fully saturated rings. The molecule has 0 saturated carbocycles. The summed E-state index contributed by atoms with van der Waals surface area (Å²) in [6.07, 6.45) is -5.59. The Balaban J connectivity index is 1.86. The van der Waals surface area contributed by atoms with Gasteiger partial charge in [0.05, 0.1) is 24.3 Å². The number of nitriles is 1. The monoisotopic (exact) mass is 413 g/mol. The summed E-state index contributed by atoms with van der Waals surface area (Å²) in [7, 11) is 0. The predicted octanol–water partition coefficient (Wildman–Crippen LogP) is 1.45. The molecule has 0 amide bonds. The lowest BCUT2D eigenvalue weighted by atomic mass is 9.89. The van der Waals surface area contributed by atoms with Gasteiger partial charge in [0.25, 0.3) is 0 Å². The van der Waals surface area contributed by atoms with E-state index in [1.807, 2.05) is 38.1 Å². The molecule has 4 N–H and O–H groups in total. The molecular weight excluding hydrogens is 386 g/mol. The second-order valence-corrected chi connectivity index (χ2v) is 7.77. The second kappa shape index (κ2) is 9.56. The highest BCUT2D eigenvalue weighted by molar-refractivity contribution is 5.44. The first-order valence-electron chi connectivity index (χ1n) is 9.93. The molecule has 1 heterocycles. The van der Waals surface area contributed by atoms with Crippen molar-refractivity contribution in [1.29, 1.82) is 5.26 Å². The number of aliphatic hydroxyl groups excluding tert-OH is 4. The van der Waals surface area contributed by atoms with E-state index in [0.29, 0.717) is 17.5 Å². The summed E-state index contributed by atoms with van der Waals surface area (Å²) < 4.78 is 11.3. The predicted molar refractivity (Wildman–Crippen MR) is 109 cm³/mol. The van der Waals surface area contributed by atoms with Gasteiger partial charge in [-0.1, -0.05) is 24.3 Å². The summed E-state index contributed by atoms with van der Waals surface area (Å²) in [6.45, 7) is 3.42. The van der Waals surface area contributed by atoms with Crippen LogP contribution in [0.25, 0.3) is 0 Å². The van der Waals surface area contributed by atoms with Crippen LogP contribution in [0.5, 0.6) is 5.75 Å². The minimum atomic E-state index is -1.45. The number of aliphatic hydroxyl groups is 4. The highest BCUT2D eigenvalue weighted by Gasteiger charge is 2.44. The van der Waals surface area contributed by atoms with Gasteiger partial charge in [-0.3, -0.25) is 0 Å². The van der Waals surface area contributed by atoms with Crippen molar-refractivity contribution in [1.82, 2.24) is 0 Å². The van der Waals surface area contributed by atoms with E-state index in [1.54, 1.807) is 18.2 Å². The molecule has 160 valence electrons. The maximum absolute atomic E-state index is 10.4. The van der Waals surface area contributed by atoms with Gasteiger partial charge in [0.15, 0.2) is 0 Å². The zero-order valence-electron chi connectivity index (χ0n) is 17.0. The molecule has 1 aliphatic rings. The molecule has 5 atom stereocenters. The van der Waals surface area contributed by atoms with E-state index in [2.05, 4.69) is 6.07 Å². The van der Waals surface area contributed by atoms with Gasteiger partial charge >= 0.3 is 0 Å². The minimum Gasteiger partial charge on any atom is -0.491 e. The van der Waals surface area contributed by atoms with Crippen LogP contribution in [0, 0.1) is 11.3 Å². The van der Waals surface area contributed by atoms with Crippen molar-refractivity contribution in [3.63, 3.8) is 0 Å². The van der Waals surface area contributed by atoms with Crippen LogP contribution in [0.2, 0.25) is 0 Å². The Hall–Kier alpha value is -2.47. The van der Waals surface area contributed by atoms with E-state index in [0.717, 1.165) is 16.9 Å². The first-order chi connectivity index (χ1) is 14.3. The Bertz CT molecular complexity index is 890. The molecule has 0 radical (unpaired) electrons. The topological polar surface area (TPSA) is 123 Å². The normalized spacial score (nSPS) is 26.4. The van der Waals surface area contributed by atoms with Crippen LogP contribution in [0.15, 0.2) is 42.5 Å². The lowest BCUT2D eigenvalue weighted by Crippen LogP contribution is -2.55. The van der Waals surface area contributed by atoms with E-state index >= 15 is 0 Å². The lowest BCUT2D eigenvalue weighted by molar-refractivity contribution is -0.231. The Morgan fingerprint density at radius 3 is 2.33 bits per heavy atom. The van der Waals surface area contributed by atoms with E-state index in [9.17, 15) is 25.7 Å². The summed E-state index contributed by atoms with van der Waals surface area (Å²) in [4.78, 5) is 0. The fourth-order valence-corrected chi connectivity index (χ4v) is 3.60. The van der Waals surface area contributed by atoms with Crippen LogP contribution < -0.4 is 4.74 Å². The Labute approximate surface area is 175 Å². The van der Waals surface area contributed by atoms with Gasteiger partial charge in [-0.2, -0.15) is 5.26 Å². The molecule has 0 bridgehead atoms. The van der Waals surface area contributed by atoms with Gasteiger partial charge in [0, 0.05) is 0 Å². The number of ether oxygens (including phenoxy) is 2. The molecule has 1 saturated heterocycles. The summed E-state index contributed by atoms with van der Waals surface area (Å²) in [5, 5.41) is 49.3. The van der Waals surface area contributed by atoms with Crippen molar-refractivity contribution >= 4 is 0 Å². The standard InChI is InChI=1S/C23H27NO6/c1-13(2)29-18-7-3-14(4-8-18)9-17-10-15(5-6-16(17)11-24)23-22(28)21(27)20(26)19(12-25)30-23/h3-8,10,13,19-23,25-28H,9,12H2,1-2H3/t19-,20-,21+,22-,23+/m1/s1. The molecule has 0 aliphatic carbocycles. The van der Waals surface area contributed by atoms with Crippen LogP contribution in [-0.4, -0.2) is 57.6 Å². The molecular formula is C23H27NO6. The number of hydrogen-bond donors (Lipinski definition) is 4. The minimum absolute atomic E-state index is 0.0799. The van der Waals surface area contributed by atoms with Crippen molar-refractivity contribution in [2.45, 2.75) is 56.9 Å². The average Bonchev–Trinajstić information content (AvgIpc) is 2.73. The van der Waals surface area contributed by atoms with Crippen LogP contribution in [0.4, 0.5) is 0 Å². The number of rotatable bonds is 6. The molecule has 0 aromatic heterocycles. The average molecular weight is 413 g/mol. The van der Waals surface area contributed by atoms with Crippen molar-refractivity contribution in [2.24, 2.45) is 0 Å². The van der Waals surface area contributed by atoms with Gasteiger partial charge in [-0.25, -0.2) is 0 Å². The van der Waals surface area contributed by atoms with Crippen molar-refractivity contribution in [3.05, 3.63) is 64.7 Å². The maximum atomic E-state index is 10.4. The lowest BCUT2D eigenvalue weighted by Gasteiger charge is -2.40. The Morgan fingerprint density at radius 1 is 1.03 bits per heavy atom. The maximum Gasteiger partial charge on any atom is 0.119 e.